The van der Waals surface area contributed by atoms with E-state index < -0.39 is 0 Å². The number of aromatic amines is 1. The first-order chi connectivity index (χ1) is 10.8. The number of fused-ring (bicyclic) bond motifs is 3. The van der Waals surface area contributed by atoms with Crippen LogP contribution in [0.1, 0.15) is 37.6 Å². The van der Waals surface area contributed by atoms with Crippen LogP contribution >= 0.6 is 0 Å². The van der Waals surface area contributed by atoms with Gasteiger partial charge in [-0.15, -0.1) is 0 Å². The molecule has 1 N–H and O–H groups in total. The summed E-state index contributed by atoms with van der Waals surface area (Å²) in [5.41, 5.74) is 4.45. The molecule has 0 radical (unpaired) electrons. The molecule has 1 aliphatic carbocycles. The number of imidazole rings is 2. The molecule has 1 fully saturated rings. The van der Waals surface area contributed by atoms with Gasteiger partial charge in [0.15, 0.2) is 5.65 Å². The lowest BCUT2D eigenvalue weighted by molar-refractivity contribution is 0.251. The monoisotopic (exact) mass is 297 g/mol. The van der Waals surface area contributed by atoms with Crippen molar-refractivity contribution in [3.8, 4) is 0 Å². The molecular formula is C17H23N5. The molecule has 1 saturated carbocycles. The van der Waals surface area contributed by atoms with Crippen LogP contribution in [-0.2, 0) is 6.54 Å². The molecule has 0 spiro atoms. The molecule has 5 nitrogen and oxygen atoms in total. The Balaban J connectivity index is 1.73. The Morgan fingerprint density at radius 1 is 1.41 bits per heavy atom. The third-order valence-corrected chi connectivity index (χ3v) is 4.56. The van der Waals surface area contributed by atoms with Crippen molar-refractivity contribution >= 4 is 16.9 Å². The van der Waals surface area contributed by atoms with Crippen LogP contribution in [0.25, 0.3) is 16.9 Å². The van der Waals surface area contributed by atoms with Gasteiger partial charge in [-0.1, -0.05) is 6.92 Å². The summed E-state index contributed by atoms with van der Waals surface area (Å²) < 4.78 is 2.24. The van der Waals surface area contributed by atoms with Gasteiger partial charge >= 0.3 is 0 Å². The summed E-state index contributed by atoms with van der Waals surface area (Å²) in [6.07, 6.45) is 5.81. The molecule has 3 aromatic heterocycles. The van der Waals surface area contributed by atoms with Crippen molar-refractivity contribution in [2.75, 3.05) is 13.1 Å². The van der Waals surface area contributed by atoms with Crippen molar-refractivity contribution in [3.63, 3.8) is 0 Å². The van der Waals surface area contributed by atoms with Crippen LogP contribution in [0.3, 0.4) is 0 Å². The SMILES string of the molecule is CCCN(Cc1c(C)[nH]c2nc3ncccc3n12)CC1CC1. The average molecular weight is 297 g/mol. The molecule has 1 aliphatic rings. The van der Waals surface area contributed by atoms with E-state index in [1.807, 2.05) is 6.07 Å². The van der Waals surface area contributed by atoms with Crippen LogP contribution in [0.5, 0.6) is 0 Å². The minimum atomic E-state index is 0.819. The standard InChI is InChI=1S/C17H23N5/c1-3-9-21(10-13-6-7-13)11-15-12(2)19-17-20-16-14(22(15)17)5-4-8-18-16/h4-5,8,13H,3,6-7,9-11H2,1-2H3,(H,18,19,20). The van der Waals surface area contributed by atoms with E-state index in [2.05, 4.69) is 44.2 Å². The van der Waals surface area contributed by atoms with E-state index in [0.29, 0.717) is 0 Å². The number of nitrogens with zero attached hydrogens (tertiary/aromatic N) is 4. The largest absolute Gasteiger partial charge is 0.327 e. The van der Waals surface area contributed by atoms with E-state index in [1.54, 1.807) is 6.20 Å². The van der Waals surface area contributed by atoms with Gasteiger partial charge in [0, 0.05) is 25.0 Å². The summed E-state index contributed by atoms with van der Waals surface area (Å²) in [6, 6.07) is 4.08. The second kappa shape index (κ2) is 5.39. The summed E-state index contributed by atoms with van der Waals surface area (Å²) in [5.74, 6) is 1.83. The van der Waals surface area contributed by atoms with Gasteiger partial charge in [-0.05, 0) is 50.8 Å². The number of H-pyrrole nitrogens is 1. The number of hydrogen-bond acceptors (Lipinski definition) is 3. The van der Waals surface area contributed by atoms with E-state index in [4.69, 9.17) is 0 Å². The highest BCUT2D eigenvalue weighted by molar-refractivity contribution is 5.76. The molecule has 0 unspecified atom stereocenters. The van der Waals surface area contributed by atoms with Crippen LogP contribution in [0.2, 0.25) is 0 Å². The molecule has 116 valence electrons. The van der Waals surface area contributed by atoms with Crippen molar-refractivity contribution < 1.29 is 0 Å². The molecule has 5 heteroatoms. The summed E-state index contributed by atoms with van der Waals surface area (Å²) in [7, 11) is 0. The van der Waals surface area contributed by atoms with Gasteiger partial charge < -0.3 is 4.98 Å². The van der Waals surface area contributed by atoms with Crippen LogP contribution in [0.15, 0.2) is 18.3 Å². The lowest BCUT2D eigenvalue weighted by Gasteiger charge is -2.21. The number of hydrogen-bond donors (Lipinski definition) is 1. The van der Waals surface area contributed by atoms with Crippen molar-refractivity contribution in [2.45, 2.75) is 39.7 Å². The molecule has 0 amide bonds. The summed E-state index contributed by atoms with van der Waals surface area (Å²) >= 11 is 0. The van der Waals surface area contributed by atoms with Crippen LogP contribution < -0.4 is 0 Å². The minimum Gasteiger partial charge on any atom is -0.327 e. The van der Waals surface area contributed by atoms with Gasteiger partial charge in [0.1, 0.15) is 0 Å². The molecular weight excluding hydrogens is 274 g/mol. The quantitative estimate of drug-likeness (QED) is 0.760. The smallest absolute Gasteiger partial charge is 0.214 e. The van der Waals surface area contributed by atoms with Gasteiger partial charge in [0.05, 0.1) is 11.2 Å². The van der Waals surface area contributed by atoms with Crippen molar-refractivity contribution in [1.29, 1.82) is 0 Å². The predicted octanol–water partition coefficient (Wildman–Crippen LogP) is 3.14. The molecule has 0 atom stereocenters. The Labute approximate surface area is 130 Å². The van der Waals surface area contributed by atoms with Crippen molar-refractivity contribution in [3.05, 3.63) is 29.7 Å². The first kappa shape index (κ1) is 13.8. The molecule has 0 aromatic carbocycles. The van der Waals surface area contributed by atoms with Crippen LogP contribution in [-0.4, -0.2) is 37.3 Å². The Morgan fingerprint density at radius 3 is 3.05 bits per heavy atom. The van der Waals surface area contributed by atoms with E-state index >= 15 is 0 Å². The highest BCUT2D eigenvalue weighted by atomic mass is 15.2. The van der Waals surface area contributed by atoms with Gasteiger partial charge in [0.2, 0.25) is 5.78 Å². The lowest BCUT2D eigenvalue weighted by atomic mass is 10.2. The zero-order valence-corrected chi connectivity index (χ0v) is 13.3. The van der Waals surface area contributed by atoms with Gasteiger partial charge in [-0.25, -0.2) is 4.98 Å². The average Bonchev–Trinajstić information content (AvgIpc) is 3.17. The molecule has 3 aromatic rings. The predicted molar refractivity (Wildman–Crippen MR) is 87.9 cm³/mol. The maximum absolute atomic E-state index is 4.60. The van der Waals surface area contributed by atoms with E-state index in [1.165, 1.54) is 37.2 Å². The van der Waals surface area contributed by atoms with Gasteiger partial charge in [-0.3, -0.25) is 9.30 Å². The first-order valence-electron chi connectivity index (χ1n) is 8.29. The molecule has 3 heterocycles. The molecule has 22 heavy (non-hydrogen) atoms. The fraction of sp³-hybridized carbons (Fsp3) is 0.529. The summed E-state index contributed by atoms with van der Waals surface area (Å²) in [6.45, 7) is 7.78. The van der Waals surface area contributed by atoms with Crippen molar-refractivity contribution in [1.82, 2.24) is 24.3 Å². The Kier molecular flexibility index (Phi) is 3.37. The van der Waals surface area contributed by atoms with Crippen LogP contribution in [0, 0.1) is 12.8 Å². The minimum absolute atomic E-state index is 0.819. The summed E-state index contributed by atoms with van der Waals surface area (Å²) in [5, 5.41) is 0. The lowest BCUT2D eigenvalue weighted by Crippen LogP contribution is -2.27. The van der Waals surface area contributed by atoms with Crippen LogP contribution in [0.4, 0.5) is 0 Å². The number of nitrogens with one attached hydrogen (secondary N) is 1. The first-order valence-corrected chi connectivity index (χ1v) is 8.29. The maximum atomic E-state index is 4.60. The highest BCUT2D eigenvalue weighted by Gasteiger charge is 2.25. The summed E-state index contributed by atoms with van der Waals surface area (Å²) in [4.78, 5) is 15.0. The number of rotatable bonds is 6. The maximum Gasteiger partial charge on any atom is 0.214 e. The fourth-order valence-electron chi connectivity index (χ4n) is 3.30. The van der Waals surface area contributed by atoms with E-state index in [0.717, 1.165) is 35.9 Å². The Morgan fingerprint density at radius 2 is 2.27 bits per heavy atom. The molecule has 0 aliphatic heterocycles. The second-order valence-corrected chi connectivity index (χ2v) is 6.49. The Bertz CT molecular complexity index is 796. The zero-order valence-electron chi connectivity index (χ0n) is 13.3. The Hall–Kier alpha value is -1.88. The highest BCUT2D eigenvalue weighted by Crippen LogP contribution is 2.30. The third kappa shape index (κ3) is 2.39. The van der Waals surface area contributed by atoms with E-state index in [9.17, 15) is 0 Å². The van der Waals surface area contributed by atoms with Gasteiger partial charge in [-0.2, -0.15) is 4.98 Å². The molecule has 4 rings (SSSR count). The normalized spacial score (nSPS) is 15.4. The number of aromatic nitrogens is 4. The topological polar surface area (TPSA) is 49.2 Å². The van der Waals surface area contributed by atoms with E-state index in [-0.39, 0.29) is 0 Å². The molecule has 0 saturated heterocycles. The zero-order chi connectivity index (χ0) is 15.1. The second-order valence-electron chi connectivity index (χ2n) is 6.49. The number of aryl methyl sites for hydroxylation is 1. The fourth-order valence-corrected chi connectivity index (χ4v) is 3.30. The number of pyridine rings is 1. The third-order valence-electron chi connectivity index (χ3n) is 4.56. The van der Waals surface area contributed by atoms with Gasteiger partial charge in [0.25, 0.3) is 0 Å². The van der Waals surface area contributed by atoms with Crippen molar-refractivity contribution in [2.24, 2.45) is 5.92 Å². The molecule has 0 bridgehead atoms.